The number of carbonyl (C=O) groups is 4. The van der Waals surface area contributed by atoms with Crippen molar-refractivity contribution in [2.45, 2.75) is 28.8 Å². The molecule has 2 aromatic rings. The number of alkyl halides is 3. The van der Waals surface area contributed by atoms with Crippen molar-refractivity contribution in [1.82, 2.24) is 35.4 Å². The molecule has 3 atom stereocenters. The molecule has 1 unspecified atom stereocenters. The van der Waals surface area contributed by atoms with Crippen LogP contribution in [0.5, 0.6) is 0 Å². The van der Waals surface area contributed by atoms with E-state index in [2.05, 4.69) is 25.8 Å². The molecule has 0 radical (unpaired) electrons. The highest BCUT2D eigenvalue weighted by Crippen LogP contribution is 2.41. The number of aryl methyl sites for hydroxylation is 1. The summed E-state index contributed by atoms with van der Waals surface area (Å²) in [6.45, 7) is 0. The normalized spacial score (nSPS) is 19.6. The first-order valence-electron chi connectivity index (χ1n) is 10.0. The van der Waals surface area contributed by atoms with Gasteiger partial charge >= 0.3 is 18.1 Å². The number of nitrogen functional groups attached to an aromatic ring is 1. The van der Waals surface area contributed by atoms with E-state index in [0.29, 0.717) is 27.9 Å². The van der Waals surface area contributed by atoms with E-state index >= 15 is 0 Å². The van der Waals surface area contributed by atoms with E-state index in [0.717, 1.165) is 11.3 Å². The Bertz CT molecular complexity index is 1280. The SMILES string of the molecule is Cn1nnnc1SCC1=C(C(=O)O)N2C(=O)[C@@H](NC(=O)C(N)c3csc(N)n3)[C@H]2SC1.O=C(O)C(F)(F)F. The van der Waals surface area contributed by atoms with E-state index < -0.39 is 47.4 Å². The predicted octanol–water partition coefficient (Wildman–Crippen LogP) is -0.587. The molecule has 1 fully saturated rings. The fourth-order valence-corrected chi connectivity index (χ4v) is 6.04. The summed E-state index contributed by atoms with van der Waals surface area (Å²) in [7, 11) is 1.68. The molecule has 0 aromatic carbocycles. The summed E-state index contributed by atoms with van der Waals surface area (Å²) in [4.78, 5) is 51.2. The molecule has 7 N–H and O–H groups in total. The number of nitrogens with two attached hydrogens (primary N) is 2. The highest BCUT2D eigenvalue weighted by molar-refractivity contribution is 8.01. The molecule has 2 aliphatic rings. The number of halogens is 3. The minimum atomic E-state index is -5.08. The third-order valence-corrected chi connectivity index (χ3v) is 8.02. The summed E-state index contributed by atoms with van der Waals surface area (Å²) in [5.74, 6) is -4.35. The van der Waals surface area contributed by atoms with Crippen LogP contribution in [0.25, 0.3) is 0 Å². The van der Waals surface area contributed by atoms with Crippen molar-refractivity contribution in [3.8, 4) is 0 Å². The van der Waals surface area contributed by atoms with Crippen LogP contribution in [0.15, 0.2) is 21.8 Å². The Morgan fingerprint density at radius 1 is 1.34 bits per heavy atom. The second-order valence-corrected chi connectivity index (χ2v) is 10.4. The number of hydrogen-bond donors (Lipinski definition) is 5. The van der Waals surface area contributed by atoms with Crippen molar-refractivity contribution in [1.29, 1.82) is 0 Å². The first-order chi connectivity index (χ1) is 17.7. The lowest BCUT2D eigenvalue weighted by Gasteiger charge is -2.49. The highest BCUT2D eigenvalue weighted by Gasteiger charge is 2.54. The Labute approximate surface area is 222 Å². The maximum atomic E-state index is 12.7. The van der Waals surface area contributed by atoms with Gasteiger partial charge in [0.1, 0.15) is 23.2 Å². The van der Waals surface area contributed by atoms with Gasteiger partial charge in [-0.15, -0.1) is 28.2 Å². The molecule has 21 heteroatoms. The largest absolute Gasteiger partial charge is 0.490 e. The average molecular weight is 598 g/mol. The summed E-state index contributed by atoms with van der Waals surface area (Å²) in [5, 5.41) is 32.4. The molecule has 0 aliphatic carbocycles. The smallest absolute Gasteiger partial charge is 0.477 e. The van der Waals surface area contributed by atoms with Crippen molar-refractivity contribution in [2.75, 3.05) is 17.2 Å². The number of carbonyl (C=O) groups excluding carboxylic acids is 2. The fourth-order valence-electron chi connectivity index (χ4n) is 3.11. The van der Waals surface area contributed by atoms with Crippen molar-refractivity contribution in [3.05, 3.63) is 22.3 Å². The maximum absolute atomic E-state index is 12.7. The number of aromatic nitrogens is 5. The van der Waals surface area contributed by atoms with Crippen LogP contribution in [-0.4, -0.2) is 93.2 Å². The monoisotopic (exact) mass is 597 g/mol. The lowest BCUT2D eigenvalue weighted by atomic mass is 10.0. The number of nitrogens with zero attached hydrogens (tertiary/aromatic N) is 6. The second-order valence-electron chi connectivity index (χ2n) is 7.42. The van der Waals surface area contributed by atoms with Gasteiger partial charge in [0.15, 0.2) is 5.13 Å². The van der Waals surface area contributed by atoms with E-state index in [1.54, 1.807) is 12.4 Å². The fraction of sp³-hybridized carbons (Fsp3) is 0.412. The molecule has 4 rings (SSSR count). The van der Waals surface area contributed by atoms with Gasteiger partial charge in [-0.1, -0.05) is 11.8 Å². The van der Waals surface area contributed by atoms with Gasteiger partial charge in [-0.25, -0.2) is 19.3 Å². The Morgan fingerprint density at radius 3 is 2.50 bits per heavy atom. The van der Waals surface area contributed by atoms with E-state index in [4.69, 9.17) is 21.4 Å². The number of thiazole rings is 1. The van der Waals surface area contributed by atoms with E-state index in [1.807, 2.05) is 0 Å². The number of β-lactam (4-membered cyclic amide) rings is 1. The lowest BCUT2D eigenvalue weighted by Crippen LogP contribution is -2.71. The van der Waals surface area contributed by atoms with Crippen molar-refractivity contribution in [2.24, 2.45) is 12.8 Å². The molecule has 2 amide bonds. The van der Waals surface area contributed by atoms with E-state index in [-0.39, 0.29) is 10.8 Å². The predicted molar refractivity (Wildman–Crippen MR) is 126 cm³/mol. The lowest BCUT2D eigenvalue weighted by molar-refractivity contribution is -0.192. The number of fused-ring (bicyclic) bond motifs is 1. The summed E-state index contributed by atoms with van der Waals surface area (Å²) < 4.78 is 33.2. The number of hydrogen-bond acceptors (Lipinski definition) is 13. The quantitative estimate of drug-likeness (QED) is 0.198. The number of amides is 2. The molecule has 2 aromatic heterocycles. The number of anilines is 1. The highest BCUT2D eigenvalue weighted by atomic mass is 32.2. The number of thioether (sulfide) groups is 2. The van der Waals surface area contributed by atoms with Crippen molar-refractivity contribution >= 4 is 63.7 Å². The molecular weight excluding hydrogens is 579 g/mol. The van der Waals surface area contributed by atoms with Crippen LogP contribution in [0.1, 0.15) is 11.7 Å². The van der Waals surface area contributed by atoms with Crippen LogP contribution in [-0.2, 0) is 26.2 Å². The maximum Gasteiger partial charge on any atom is 0.490 e. The molecule has 2 aliphatic heterocycles. The van der Waals surface area contributed by atoms with Gasteiger partial charge in [0.2, 0.25) is 11.1 Å². The van der Waals surface area contributed by atoms with Crippen LogP contribution in [0.3, 0.4) is 0 Å². The molecule has 206 valence electrons. The minimum Gasteiger partial charge on any atom is -0.477 e. The number of carboxylic acid groups (broad SMARTS) is 2. The van der Waals surface area contributed by atoms with Crippen molar-refractivity contribution in [3.63, 3.8) is 0 Å². The van der Waals surface area contributed by atoms with E-state index in [9.17, 15) is 32.7 Å². The molecule has 0 saturated carbocycles. The van der Waals surface area contributed by atoms with Crippen LogP contribution in [0.4, 0.5) is 18.3 Å². The Balaban J connectivity index is 0.000000505. The van der Waals surface area contributed by atoms with Gasteiger partial charge in [-0.3, -0.25) is 14.5 Å². The van der Waals surface area contributed by atoms with Crippen molar-refractivity contribution < 1.29 is 42.6 Å². The van der Waals surface area contributed by atoms with Gasteiger partial charge < -0.3 is 27.0 Å². The number of nitrogens with one attached hydrogen (secondary N) is 1. The Morgan fingerprint density at radius 2 is 2.00 bits per heavy atom. The molecule has 38 heavy (non-hydrogen) atoms. The van der Waals surface area contributed by atoms with Crippen LogP contribution in [0.2, 0.25) is 0 Å². The van der Waals surface area contributed by atoms with Crippen LogP contribution in [0, 0.1) is 0 Å². The standard InChI is InChI=1S/C15H17N9O4S3.C2HF3O2/c1-23-15(20-21-22-23)31-3-5-2-29-12-8(11(26)24(12)9(5)13(27)28)19-10(25)7(16)6-4-30-14(17)18-6;3-2(4,5)1(6)7/h4,7-8,12H,2-3,16H2,1H3,(H2,17,18)(H,19,25)(H,27,28);(H,6,7)/t7?,8-,12-;/m1./s1. The molecular formula is C17H18F3N9O6S3. The molecule has 0 spiro atoms. The van der Waals surface area contributed by atoms with Gasteiger partial charge in [0, 0.05) is 23.9 Å². The summed E-state index contributed by atoms with van der Waals surface area (Å²) >= 11 is 3.80. The number of carboxylic acids is 2. The zero-order valence-electron chi connectivity index (χ0n) is 18.9. The third kappa shape index (κ3) is 6.34. The zero-order chi connectivity index (χ0) is 28.4. The number of rotatable bonds is 7. The summed E-state index contributed by atoms with van der Waals surface area (Å²) in [6.07, 6.45) is -5.08. The van der Waals surface area contributed by atoms with Crippen LogP contribution >= 0.6 is 34.9 Å². The molecule has 15 nitrogen and oxygen atoms in total. The Hall–Kier alpha value is -3.43. The summed E-state index contributed by atoms with van der Waals surface area (Å²) in [6, 6.07) is -1.95. The van der Waals surface area contributed by atoms with Gasteiger partial charge in [-0.2, -0.15) is 13.2 Å². The summed E-state index contributed by atoms with van der Waals surface area (Å²) in [5.41, 5.74) is 12.3. The number of aliphatic carboxylic acids is 2. The Kier molecular flexibility index (Phi) is 8.84. The second kappa shape index (κ2) is 11.5. The van der Waals surface area contributed by atoms with Crippen LogP contribution < -0.4 is 16.8 Å². The zero-order valence-corrected chi connectivity index (χ0v) is 21.4. The topological polar surface area (TPSA) is 233 Å². The molecule has 1 saturated heterocycles. The average Bonchev–Trinajstić information content (AvgIpc) is 3.47. The first-order valence-corrected chi connectivity index (χ1v) is 13.0. The number of tetrazole rings is 1. The van der Waals surface area contributed by atoms with E-state index in [1.165, 1.54) is 33.1 Å². The molecule has 4 heterocycles. The molecule has 0 bridgehead atoms. The minimum absolute atomic E-state index is 0.0709. The van der Waals surface area contributed by atoms with Gasteiger partial charge in [-0.05, 0) is 16.0 Å². The third-order valence-electron chi connectivity index (χ3n) is 4.89. The van der Waals surface area contributed by atoms with Gasteiger partial charge in [0.25, 0.3) is 5.91 Å². The first kappa shape index (κ1) is 29.1. The van der Waals surface area contributed by atoms with Gasteiger partial charge in [0.05, 0.1) is 5.69 Å².